The average Bonchev–Trinajstić information content (AvgIpc) is 2.98. The molecule has 1 amide bonds. The second-order valence-electron chi connectivity index (χ2n) is 7.03. The minimum Gasteiger partial charge on any atom is -0.455 e. The maximum atomic E-state index is 12.6. The fraction of sp³-hybridized carbons (Fsp3) is 0.286. The molecule has 27 heavy (non-hydrogen) atoms. The zero-order chi connectivity index (χ0) is 19.1. The van der Waals surface area contributed by atoms with Gasteiger partial charge in [0.05, 0.1) is 5.56 Å². The summed E-state index contributed by atoms with van der Waals surface area (Å²) in [6.45, 7) is 3.77. The molecule has 0 saturated carbocycles. The molecule has 0 saturated heterocycles. The van der Waals surface area contributed by atoms with Gasteiger partial charge in [-0.2, -0.15) is 0 Å². The minimum absolute atomic E-state index is 0.0258. The molecule has 3 aromatic rings. The number of hydrogen-bond donors (Lipinski definition) is 2. The van der Waals surface area contributed by atoms with Gasteiger partial charge in [-0.3, -0.25) is 14.4 Å². The van der Waals surface area contributed by atoms with Crippen LogP contribution in [0.4, 0.5) is 0 Å². The zero-order valence-electron chi connectivity index (χ0n) is 15.3. The van der Waals surface area contributed by atoms with Gasteiger partial charge in [-0.1, -0.05) is 12.1 Å². The number of aromatic nitrogens is 1. The highest BCUT2D eigenvalue weighted by molar-refractivity contribution is 6.03. The SMILES string of the molecule is Cc1ccc2cc(CNC(=O)c3oc4c(c3C)C(=O)CCC4)c(=O)[nH]c2c1. The molecule has 0 fully saturated rings. The number of ketones is 1. The second-order valence-corrected chi connectivity index (χ2v) is 7.03. The van der Waals surface area contributed by atoms with Crippen LogP contribution in [0.25, 0.3) is 10.9 Å². The summed E-state index contributed by atoms with van der Waals surface area (Å²) in [5.74, 6) is 0.354. The number of H-pyrrole nitrogens is 1. The highest BCUT2D eigenvalue weighted by Crippen LogP contribution is 2.29. The first-order chi connectivity index (χ1) is 12.9. The number of nitrogens with one attached hydrogen (secondary N) is 2. The number of carbonyl (C=O) groups excluding carboxylic acids is 2. The van der Waals surface area contributed by atoms with Gasteiger partial charge < -0.3 is 14.7 Å². The quantitative estimate of drug-likeness (QED) is 0.746. The van der Waals surface area contributed by atoms with E-state index in [2.05, 4.69) is 10.3 Å². The number of rotatable bonds is 3. The van der Waals surface area contributed by atoms with Crippen molar-refractivity contribution < 1.29 is 14.0 Å². The van der Waals surface area contributed by atoms with E-state index >= 15 is 0 Å². The smallest absolute Gasteiger partial charge is 0.287 e. The molecule has 6 nitrogen and oxygen atoms in total. The molecule has 2 N–H and O–H groups in total. The largest absolute Gasteiger partial charge is 0.455 e. The molecule has 0 atom stereocenters. The van der Waals surface area contributed by atoms with Crippen LogP contribution in [0.15, 0.2) is 33.5 Å². The Balaban J connectivity index is 1.57. The van der Waals surface area contributed by atoms with E-state index in [1.165, 1.54) is 0 Å². The van der Waals surface area contributed by atoms with E-state index in [-0.39, 0.29) is 23.6 Å². The van der Waals surface area contributed by atoms with Crippen molar-refractivity contribution in [2.24, 2.45) is 0 Å². The average molecular weight is 364 g/mol. The van der Waals surface area contributed by atoms with Crippen LogP contribution in [0.2, 0.25) is 0 Å². The van der Waals surface area contributed by atoms with Gasteiger partial charge in [-0.15, -0.1) is 0 Å². The zero-order valence-corrected chi connectivity index (χ0v) is 15.3. The van der Waals surface area contributed by atoms with Crippen LogP contribution in [0.1, 0.15) is 56.2 Å². The molecular weight excluding hydrogens is 344 g/mol. The van der Waals surface area contributed by atoms with E-state index in [1.807, 2.05) is 25.1 Å². The molecule has 4 rings (SSSR count). The lowest BCUT2D eigenvalue weighted by Crippen LogP contribution is -2.27. The predicted octanol–water partition coefficient (Wildman–Crippen LogP) is 3.19. The van der Waals surface area contributed by atoms with Crippen LogP contribution in [-0.4, -0.2) is 16.7 Å². The minimum atomic E-state index is -0.418. The molecule has 0 radical (unpaired) electrons. The number of amides is 1. The van der Waals surface area contributed by atoms with Crippen LogP contribution < -0.4 is 10.9 Å². The van der Waals surface area contributed by atoms with Crippen molar-refractivity contribution in [2.75, 3.05) is 0 Å². The Morgan fingerprint density at radius 2 is 2.00 bits per heavy atom. The number of benzene rings is 1. The fourth-order valence-electron chi connectivity index (χ4n) is 3.61. The highest BCUT2D eigenvalue weighted by Gasteiger charge is 2.28. The van der Waals surface area contributed by atoms with E-state index in [9.17, 15) is 14.4 Å². The third kappa shape index (κ3) is 3.07. The number of hydrogen-bond acceptors (Lipinski definition) is 4. The lowest BCUT2D eigenvalue weighted by Gasteiger charge is -2.07. The molecule has 2 heterocycles. The maximum absolute atomic E-state index is 12.6. The van der Waals surface area contributed by atoms with Crippen LogP contribution in [0.3, 0.4) is 0 Å². The van der Waals surface area contributed by atoms with E-state index in [0.29, 0.717) is 35.3 Å². The van der Waals surface area contributed by atoms with Gasteiger partial charge in [0, 0.05) is 36.0 Å². The Bertz CT molecular complexity index is 1140. The summed E-state index contributed by atoms with van der Waals surface area (Å²) >= 11 is 0. The molecule has 2 aromatic heterocycles. The fourth-order valence-corrected chi connectivity index (χ4v) is 3.61. The van der Waals surface area contributed by atoms with Crippen molar-refractivity contribution in [3.8, 4) is 0 Å². The number of furan rings is 1. The lowest BCUT2D eigenvalue weighted by molar-refractivity contribution is 0.0917. The van der Waals surface area contributed by atoms with Crippen LogP contribution in [0.5, 0.6) is 0 Å². The molecule has 1 aromatic carbocycles. The molecule has 0 aliphatic heterocycles. The standard InChI is InChI=1S/C21H20N2O4/c1-11-6-7-13-9-14(20(25)23-15(13)8-11)10-22-21(26)19-12(2)18-16(24)4-3-5-17(18)27-19/h6-9H,3-5,10H2,1-2H3,(H,22,26)(H,23,25). The molecule has 0 unspecified atom stereocenters. The summed E-state index contributed by atoms with van der Waals surface area (Å²) in [6.07, 6.45) is 1.89. The highest BCUT2D eigenvalue weighted by atomic mass is 16.4. The van der Waals surface area contributed by atoms with E-state index in [4.69, 9.17) is 4.42 Å². The molecule has 0 spiro atoms. The summed E-state index contributed by atoms with van der Waals surface area (Å²) in [5.41, 5.74) is 3.18. The molecule has 1 aliphatic rings. The van der Waals surface area contributed by atoms with Crippen molar-refractivity contribution in [2.45, 2.75) is 39.7 Å². The number of carbonyl (C=O) groups is 2. The molecule has 0 bridgehead atoms. The first-order valence-electron chi connectivity index (χ1n) is 9.00. The van der Waals surface area contributed by atoms with Gasteiger partial charge in [0.2, 0.25) is 0 Å². The number of aromatic amines is 1. The summed E-state index contributed by atoms with van der Waals surface area (Å²) in [5, 5.41) is 3.64. The number of Topliss-reactive ketones (excluding diaryl/α,β-unsaturated/α-hetero) is 1. The van der Waals surface area contributed by atoms with Crippen molar-refractivity contribution in [1.82, 2.24) is 10.3 Å². The predicted molar refractivity (Wildman–Crippen MR) is 101 cm³/mol. The molecule has 6 heteroatoms. The molecular formula is C21H20N2O4. The molecule has 138 valence electrons. The summed E-state index contributed by atoms with van der Waals surface area (Å²) in [6, 6.07) is 7.59. The first kappa shape index (κ1) is 17.3. The van der Waals surface area contributed by atoms with Gasteiger partial charge in [0.15, 0.2) is 11.5 Å². The van der Waals surface area contributed by atoms with E-state index in [0.717, 1.165) is 22.9 Å². The van der Waals surface area contributed by atoms with Gasteiger partial charge in [0.1, 0.15) is 5.76 Å². The third-order valence-corrected chi connectivity index (χ3v) is 5.03. The van der Waals surface area contributed by atoms with Crippen molar-refractivity contribution in [3.05, 3.63) is 68.4 Å². The lowest BCUT2D eigenvalue weighted by atomic mass is 9.94. The van der Waals surface area contributed by atoms with E-state index < -0.39 is 5.91 Å². The topological polar surface area (TPSA) is 92.2 Å². The first-order valence-corrected chi connectivity index (χ1v) is 9.00. The van der Waals surface area contributed by atoms with Crippen LogP contribution in [0, 0.1) is 13.8 Å². The Hall–Kier alpha value is -3.15. The normalized spacial score (nSPS) is 13.6. The Morgan fingerprint density at radius 3 is 2.78 bits per heavy atom. The van der Waals surface area contributed by atoms with Crippen molar-refractivity contribution >= 4 is 22.6 Å². The Kier molecular flexibility index (Phi) is 4.18. The summed E-state index contributed by atoms with van der Waals surface area (Å²) in [4.78, 5) is 39.8. The second kappa shape index (κ2) is 6.54. The third-order valence-electron chi connectivity index (χ3n) is 5.03. The van der Waals surface area contributed by atoms with Gasteiger partial charge in [-0.05, 0) is 43.4 Å². The number of pyridine rings is 1. The summed E-state index contributed by atoms with van der Waals surface area (Å²) < 4.78 is 5.65. The number of aryl methyl sites for hydroxylation is 2. The summed E-state index contributed by atoms with van der Waals surface area (Å²) in [7, 11) is 0. The Labute approximate surface area is 155 Å². The molecule has 1 aliphatic carbocycles. The van der Waals surface area contributed by atoms with Crippen molar-refractivity contribution in [3.63, 3.8) is 0 Å². The maximum Gasteiger partial charge on any atom is 0.287 e. The van der Waals surface area contributed by atoms with E-state index in [1.54, 1.807) is 13.0 Å². The number of fused-ring (bicyclic) bond motifs is 2. The van der Waals surface area contributed by atoms with Crippen molar-refractivity contribution in [1.29, 1.82) is 0 Å². The van der Waals surface area contributed by atoms with Gasteiger partial charge in [-0.25, -0.2) is 0 Å². The van der Waals surface area contributed by atoms with Crippen LogP contribution >= 0.6 is 0 Å². The van der Waals surface area contributed by atoms with Gasteiger partial charge in [0.25, 0.3) is 11.5 Å². The van der Waals surface area contributed by atoms with Crippen LogP contribution in [-0.2, 0) is 13.0 Å². The van der Waals surface area contributed by atoms with Gasteiger partial charge >= 0.3 is 0 Å². The Morgan fingerprint density at radius 1 is 1.19 bits per heavy atom. The monoisotopic (exact) mass is 364 g/mol.